The normalized spacial score (nSPS) is 21.9. The van der Waals surface area contributed by atoms with E-state index in [-0.39, 0.29) is 0 Å². The van der Waals surface area contributed by atoms with Gasteiger partial charge in [0.25, 0.3) is 0 Å². The summed E-state index contributed by atoms with van der Waals surface area (Å²) in [5, 5.41) is 3.59. The molecule has 0 radical (unpaired) electrons. The fourth-order valence-corrected chi connectivity index (χ4v) is 2.49. The van der Waals surface area contributed by atoms with E-state index >= 15 is 0 Å². The van der Waals surface area contributed by atoms with E-state index in [0.717, 1.165) is 6.54 Å². The first-order valence-corrected chi connectivity index (χ1v) is 6.44. The number of likely N-dealkylation sites (N-methyl/N-ethyl adjacent to an activating group) is 1. The maximum Gasteiger partial charge on any atom is 0.0400 e. The minimum atomic E-state index is 0.619. The highest BCUT2D eigenvalue weighted by atomic mass is 127. The van der Waals surface area contributed by atoms with Gasteiger partial charge in [0, 0.05) is 21.8 Å². The van der Waals surface area contributed by atoms with Crippen LogP contribution in [0, 0.1) is 10.5 Å². The third-order valence-electron chi connectivity index (χ3n) is 2.93. The number of hydrogen-bond acceptors (Lipinski definition) is 2. The summed E-state index contributed by atoms with van der Waals surface area (Å²) in [4.78, 5) is 2.37. The first kappa shape index (κ1) is 11.2. The van der Waals surface area contributed by atoms with Crippen LogP contribution in [0.2, 0.25) is 0 Å². The summed E-state index contributed by atoms with van der Waals surface area (Å²) in [5.41, 5.74) is 2.61. The second-order valence-electron chi connectivity index (χ2n) is 4.36. The molecule has 1 aliphatic rings. The van der Waals surface area contributed by atoms with Gasteiger partial charge >= 0.3 is 0 Å². The van der Waals surface area contributed by atoms with E-state index in [1.54, 1.807) is 0 Å². The zero-order valence-electron chi connectivity index (χ0n) is 9.26. The Kier molecular flexibility index (Phi) is 3.51. The lowest BCUT2D eigenvalue weighted by atomic mass is 10.2. The molecule has 1 aromatic carbocycles. The topological polar surface area (TPSA) is 15.3 Å². The van der Waals surface area contributed by atoms with Crippen LogP contribution < -0.4 is 5.32 Å². The van der Waals surface area contributed by atoms with Crippen molar-refractivity contribution in [1.82, 2.24) is 4.90 Å². The lowest BCUT2D eigenvalue weighted by molar-refractivity contribution is 0.414. The van der Waals surface area contributed by atoms with Gasteiger partial charge in [0.2, 0.25) is 0 Å². The molecule has 0 saturated carbocycles. The fraction of sp³-hybridized carbons (Fsp3) is 0.500. The molecular weight excluding hydrogens is 299 g/mol. The van der Waals surface area contributed by atoms with Crippen molar-refractivity contribution in [1.29, 1.82) is 0 Å². The molecule has 1 heterocycles. The zero-order valence-corrected chi connectivity index (χ0v) is 11.4. The number of likely N-dealkylation sites (tertiary alicyclic amines) is 1. The Labute approximate surface area is 105 Å². The highest BCUT2D eigenvalue weighted by Crippen LogP contribution is 2.19. The molecule has 15 heavy (non-hydrogen) atoms. The summed E-state index contributed by atoms with van der Waals surface area (Å²) in [6.45, 7) is 4.51. The number of rotatable bonds is 2. The van der Waals surface area contributed by atoms with Gasteiger partial charge in [-0.3, -0.25) is 0 Å². The van der Waals surface area contributed by atoms with Crippen molar-refractivity contribution in [2.75, 3.05) is 25.5 Å². The molecule has 1 aliphatic heterocycles. The van der Waals surface area contributed by atoms with Gasteiger partial charge in [-0.05, 0) is 67.2 Å². The Morgan fingerprint density at radius 3 is 2.87 bits per heavy atom. The van der Waals surface area contributed by atoms with Crippen LogP contribution in [0.5, 0.6) is 0 Å². The average Bonchev–Trinajstić information content (AvgIpc) is 2.58. The standard InChI is InChI=1S/C12H17IN2/c1-9-3-4-10(7-12(9)13)14-11-5-6-15(2)8-11/h3-4,7,11,14H,5-6,8H2,1-2H3. The highest BCUT2D eigenvalue weighted by molar-refractivity contribution is 14.1. The number of nitrogens with one attached hydrogen (secondary N) is 1. The van der Waals surface area contributed by atoms with Gasteiger partial charge in [0.05, 0.1) is 0 Å². The molecule has 1 unspecified atom stereocenters. The smallest absolute Gasteiger partial charge is 0.0400 e. The van der Waals surface area contributed by atoms with Crippen molar-refractivity contribution >= 4 is 28.3 Å². The lowest BCUT2D eigenvalue weighted by Gasteiger charge is -2.14. The van der Waals surface area contributed by atoms with E-state index in [0.29, 0.717) is 6.04 Å². The van der Waals surface area contributed by atoms with E-state index < -0.39 is 0 Å². The summed E-state index contributed by atoms with van der Waals surface area (Å²) in [7, 11) is 2.18. The molecular formula is C12H17IN2. The molecule has 0 amide bonds. The van der Waals surface area contributed by atoms with Crippen LogP contribution in [0.4, 0.5) is 5.69 Å². The van der Waals surface area contributed by atoms with Crippen LogP contribution in [0.25, 0.3) is 0 Å². The fourth-order valence-electron chi connectivity index (χ4n) is 1.97. The molecule has 0 spiro atoms. The van der Waals surface area contributed by atoms with Gasteiger partial charge < -0.3 is 10.2 Å². The van der Waals surface area contributed by atoms with E-state index in [1.165, 1.54) is 27.8 Å². The first-order valence-electron chi connectivity index (χ1n) is 5.36. The van der Waals surface area contributed by atoms with Crippen LogP contribution in [0.3, 0.4) is 0 Å². The largest absolute Gasteiger partial charge is 0.381 e. The maximum atomic E-state index is 3.59. The van der Waals surface area contributed by atoms with Crippen LogP contribution in [-0.2, 0) is 0 Å². The Bertz CT molecular complexity index is 351. The summed E-state index contributed by atoms with van der Waals surface area (Å²) < 4.78 is 1.34. The number of anilines is 1. The van der Waals surface area contributed by atoms with Crippen molar-refractivity contribution in [2.45, 2.75) is 19.4 Å². The van der Waals surface area contributed by atoms with Gasteiger partial charge in [-0.25, -0.2) is 0 Å². The van der Waals surface area contributed by atoms with Gasteiger partial charge in [0.15, 0.2) is 0 Å². The van der Waals surface area contributed by atoms with Crippen molar-refractivity contribution in [3.63, 3.8) is 0 Å². The second kappa shape index (κ2) is 4.70. The second-order valence-corrected chi connectivity index (χ2v) is 5.52. The molecule has 1 atom stereocenters. The van der Waals surface area contributed by atoms with Crippen molar-refractivity contribution in [3.05, 3.63) is 27.3 Å². The highest BCUT2D eigenvalue weighted by Gasteiger charge is 2.18. The minimum Gasteiger partial charge on any atom is -0.381 e. The monoisotopic (exact) mass is 316 g/mol. The number of nitrogens with zero attached hydrogens (tertiary/aromatic N) is 1. The Morgan fingerprint density at radius 1 is 1.47 bits per heavy atom. The molecule has 0 bridgehead atoms. The number of hydrogen-bond donors (Lipinski definition) is 1. The first-order chi connectivity index (χ1) is 7.15. The van der Waals surface area contributed by atoms with E-state index in [2.05, 4.69) is 65.0 Å². The molecule has 0 aliphatic carbocycles. The molecule has 1 N–H and O–H groups in total. The minimum absolute atomic E-state index is 0.619. The van der Waals surface area contributed by atoms with Gasteiger partial charge in [0.1, 0.15) is 0 Å². The third-order valence-corrected chi connectivity index (χ3v) is 4.10. The summed E-state index contributed by atoms with van der Waals surface area (Å²) in [5.74, 6) is 0. The predicted octanol–water partition coefficient (Wildman–Crippen LogP) is 2.72. The molecule has 1 saturated heterocycles. The Balaban J connectivity index is 2.02. The van der Waals surface area contributed by atoms with Crippen molar-refractivity contribution < 1.29 is 0 Å². The lowest BCUT2D eigenvalue weighted by Crippen LogP contribution is -2.23. The molecule has 0 aromatic heterocycles. The number of benzene rings is 1. The summed E-state index contributed by atoms with van der Waals surface area (Å²) in [6, 6.07) is 7.21. The average molecular weight is 316 g/mol. The predicted molar refractivity (Wildman–Crippen MR) is 73.4 cm³/mol. The zero-order chi connectivity index (χ0) is 10.8. The summed E-state index contributed by atoms with van der Waals surface area (Å²) >= 11 is 2.39. The van der Waals surface area contributed by atoms with E-state index in [9.17, 15) is 0 Å². The van der Waals surface area contributed by atoms with Gasteiger partial charge in [-0.2, -0.15) is 0 Å². The molecule has 1 fully saturated rings. The Hall–Kier alpha value is -0.290. The van der Waals surface area contributed by atoms with E-state index in [1.807, 2.05) is 0 Å². The molecule has 2 nitrogen and oxygen atoms in total. The Morgan fingerprint density at radius 2 is 2.27 bits per heavy atom. The molecule has 2 rings (SSSR count). The van der Waals surface area contributed by atoms with Crippen LogP contribution in [0.15, 0.2) is 18.2 Å². The molecule has 3 heteroatoms. The number of halogens is 1. The molecule has 1 aromatic rings. The third kappa shape index (κ3) is 2.84. The SMILES string of the molecule is Cc1ccc(NC2CCN(C)C2)cc1I. The van der Waals surface area contributed by atoms with Crippen LogP contribution in [-0.4, -0.2) is 31.1 Å². The molecule has 82 valence electrons. The van der Waals surface area contributed by atoms with Gasteiger partial charge in [-0.1, -0.05) is 6.07 Å². The van der Waals surface area contributed by atoms with Crippen LogP contribution in [0.1, 0.15) is 12.0 Å². The van der Waals surface area contributed by atoms with E-state index in [4.69, 9.17) is 0 Å². The van der Waals surface area contributed by atoms with Crippen LogP contribution >= 0.6 is 22.6 Å². The van der Waals surface area contributed by atoms with Gasteiger partial charge in [-0.15, -0.1) is 0 Å². The summed E-state index contributed by atoms with van der Waals surface area (Å²) in [6.07, 6.45) is 1.25. The van der Waals surface area contributed by atoms with Crippen molar-refractivity contribution in [2.24, 2.45) is 0 Å². The quantitative estimate of drug-likeness (QED) is 0.844. The maximum absolute atomic E-state index is 3.59. The number of aryl methyl sites for hydroxylation is 1. The van der Waals surface area contributed by atoms with Crippen molar-refractivity contribution in [3.8, 4) is 0 Å².